The van der Waals surface area contributed by atoms with Crippen LogP contribution in [0.3, 0.4) is 0 Å². The molecule has 1 aromatic rings. The molecule has 1 aromatic heterocycles. The Kier molecular flexibility index (Phi) is 1.91. The van der Waals surface area contributed by atoms with Crippen LogP contribution in [0.5, 0.6) is 0 Å². The first-order valence-corrected chi connectivity index (χ1v) is 4.11. The van der Waals surface area contributed by atoms with Crippen LogP contribution < -0.4 is 10.6 Å². The number of hydrogen-bond acceptors (Lipinski definition) is 4. The highest BCUT2D eigenvalue weighted by atomic mass is 15.2. The second kappa shape index (κ2) is 3.06. The van der Waals surface area contributed by atoms with E-state index in [-0.39, 0.29) is 0 Å². The van der Waals surface area contributed by atoms with Crippen LogP contribution in [0.1, 0.15) is 0 Å². The molecule has 2 rings (SSSR count). The molecule has 1 fully saturated rings. The minimum absolute atomic E-state index is 0.645. The molecule has 0 bridgehead atoms. The van der Waals surface area contributed by atoms with Gasteiger partial charge < -0.3 is 10.6 Å². The molecule has 12 heavy (non-hydrogen) atoms. The van der Waals surface area contributed by atoms with Crippen molar-refractivity contribution in [1.29, 1.82) is 0 Å². The summed E-state index contributed by atoms with van der Waals surface area (Å²) in [6.45, 7) is 2.82. The third-order valence-corrected chi connectivity index (χ3v) is 2.16. The Hall–Kier alpha value is -1.16. The topological polar surface area (TPSA) is 55.0 Å². The number of aromatic nitrogens is 2. The first kappa shape index (κ1) is 7.49. The van der Waals surface area contributed by atoms with Crippen molar-refractivity contribution in [3.8, 4) is 0 Å². The van der Waals surface area contributed by atoms with Crippen LogP contribution in [0.4, 0.5) is 5.82 Å². The van der Waals surface area contributed by atoms with Crippen molar-refractivity contribution in [3.63, 3.8) is 0 Å². The highest BCUT2D eigenvalue weighted by molar-refractivity contribution is 5.38. The monoisotopic (exact) mass is 164 g/mol. The van der Waals surface area contributed by atoms with Gasteiger partial charge in [-0.2, -0.15) is 0 Å². The molecule has 0 saturated carbocycles. The van der Waals surface area contributed by atoms with Gasteiger partial charge in [0, 0.05) is 31.4 Å². The molecule has 1 saturated heterocycles. The second-order valence-corrected chi connectivity index (χ2v) is 3.07. The van der Waals surface area contributed by atoms with E-state index in [1.54, 1.807) is 18.6 Å². The quantitative estimate of drug-likeness (QED) is 0.661. The summed E-state index contributed by atoms with van der Waals surface area (Å²) >= 11 is 0. The molecule has 4 heteroatoms. The number of hydrogen-bond donors (Lipinski definition) is 1. The molecule has 64 valence electrons. The molecule has 2 heterocycles. The fourth-order valence-electron chi connectivity index (χ4n) is 1.36. The molecular weight excluding hydrogens is 152 g/mol. The van der Waals surface area contributed by atoms with E-state index in [0.717, 1.165) is 25.5 Å². The van der Waals surface area contributed by atoms with Crippen molar-refractivity contribution < 1.29 is 0 Å². The summed E-state index contributed by atoms with van der Waals surface area (Å²) < 4.78 is 0. The van der Waals surface area contributed by atoms with Crippen molar-refractivity contribution in [2.75, 3.05) is 24.5 Å². The molecule has 1 aliphatic heterocycles. The highest BCUT2D eigenvalue weighted by Crippen LogP contribution is 2.20. The van der Waals surface area contributed by atoms with Gasteiger partial charge >= 0.3 is 0 Å². The number of nitrogens with two attached hydrogens (primary N) is 1. The fraction of sp³-hybridized carbons (Fsp3) is 0.500. The van der Waals surface area contributed by atoms with E-state index in [4.69, 9.17) is 5.73 Å². The molecule has 1 aliphatic rings. The van der Waals surface area contributed by atoms with Crippen LogP contribution in [0.15, 0.2) is 18.6 Å². The van der Waals surface area contributed by atoms with Crippen molar-refractivity contribution in [2.45, 2.75) is 0 Å². The molecule has 4 nitrogen and oxygen atoms in total. The molecule has 0 atom stereocenters. The summed E-state index contributed by atoms with van der Waals surface area (Å²) in [5.74, 6) is 1.61. The molecule has 0 aliphatic carbocycles. The van der Waals surface area contributed by atoms with Gasteiger partial charge in [0.25, 0.3) is 0 Å². The van der Waals surface area contributed by atoms with Gasteiger partial charge in [-0.25, -0.2) is 4.98 Å². The van der Waals surface area contributed by atoms with E-state index in [1.165, 1.54) is 0 Å². The second-order valence-electron chi connectivity index (χ2n) is 3.07. The average Bonchev–Trinajstić information content (AvgIpc) is 2.04. The maximum atomic E-state index is 5.51. The van der Waals surface area contributed by atoms with Crippen LogP contribution in [0.2, 0.25) is 0 Å². The van der Waals surface area contributed by atoms with Crippen LogP contribution in [-0.2, 0) is 0 Å². The van der Waals surface area contributed by atoms with E-state index in [0.29, 0.717) is 5.92 Å². The highest BCUT2D eigenvalue weighted by Gasteiger charge is 2.25. The van der Waals surface area contributed by atoms with Gasteiger partial charge in [-0.15, -0.1) is 0 Å². The van der Waals surface area contributed by atoms with E-state index < -0.39 is 0 Å². The zero-order valence-electron chi connectivity index (χ0n) is 6.85. The zero-order valence-corrected chi connectivity index (χ0v) is 6.85. The molecule has 0 unspecified atom stereocenters. The summed E-state index contributed by atoms with van der Waals surface area (Å²) in [4.78, 5) is 10.4. The molecule has 0 amide bonds. The van der Waals surface area contributed by atoms with Gasteiger partial charge in [0.15, 0.2) is 0 Å². The molecule has 2 N–H and O–H groups in total. The van der Waals surface area contributed by atoms with Crippen LogP contribution in [0.25, 0.3) is 0 Å². The summed E-state index contributed by atoms with van der Waals surface area (Å²) in [6, 6.07) is 0. The average molecular weight is 164 g/mol. The summed E-state index contributed by atoms with van der Waals surface area (Å²) in [7, 11) is 0. The number of nitrogens with zero attached hydrogens (tertiary/aromatic N) is 3. The van der Waals surface area contributed by atoms with E-state index >= 15 is 0 Å². The SMILES string of the molecule is NCC1CN(c2cnccn2)C1. The van der Waals surface area contributed by atoms with Gasteiger partial charge in [-0.1, -0.05) is 0 Å². The van der Waals surface area contributed by atoms with Gasteiger partial charge in [0.05, 0.1) is 6.20 Å². The summed E-state index contributed by atoms with van der Waals surface area (Å²) in [5.41, 5.74) is 5.51. The minimum Gasteiger partial charge on any atom is -0.355 e. The summed E-state index contributed by atoms with van der Waals surface area (Å²) in [5, 5.41) is 0. The van der Waals surface area contributed by atoms with Gasteiger partial charge in [-0.3, -0.25) is 4.98 Å². The summed E-state index contributed by atoms with van der Waals surface area (Å²) in [6.07, 6.45) is 5.18. The Balaban J connectivity index is 1.97. The Morgan fingerprint density at radius 2 is 2.33 bits per heavy atom. The zero-order chi connectivity index (χ0) is 8.39. The molecule has 0 spiro atoms. The molecule has 0 radical (unpaired) electrons. The Bertz CT molecular complexity index is 242. The lowest BCUT2D eigenvalue weighted by atomic mass is 10.0. The Morgan fingerprint density at radius 3 is 2.92 bits per heavy atom. The minimum atomic E-state index is 0.645. The smallest absolute Gasteiger partial charge is 0.147 e. The Labute approximate surface area is 71.4 Å². The van der Waals surface area contributed by atoms with Crippen LogP contribution >= 0.6 is 0 Å². The van der Waals surface area contributed by atoms with E-state index in [2.05, 4.69) is 14.9 Å². The van der Waals surface area contributed by atoms with Gasteiger partial charge in [-0.05, 0) is 6.54 Å². The van der Waals surface area contributed by atoms with Crippen molar-refractivity contribution >= 4 is 5.82 Å². The van der Waals surface area contributed by atoms with Gasteiger partial charge in [0.1, 0.15) is 5.82 Å². The fourth-order valence-corrected chi connectivity index (χ4v) is 1.36. The maximum absolute atomic E-state index is 5.51. The predicted octanol–water partition coefficient (Wildman–Crippen LogP) is -0.129. The number of rotatable bonds is 2. The number of anilines is 1. The molecule has 0 aromatic carbocycles. The lowest BCUT2D eigenvalue weighted by Crippen LogP contribution is -2.50. The third kappa shape index (κ3) is 1.25. The van der Waals surface area contributed by atoms with Crippen molar-refractivity contribution in [1.82, 2.24) is 9.97 Å². The third-order valence-electron chi connectivity index (χ3n) is 2.16. The van der Waals surface area contributed by atoms with Crippen molar-refractivity contribution in [3.05, 3.63) is 18.6 Å². The van der Waals surface area contributed by atoms with Gasteiger partial charge in [0.2, 0.25) is 0 Å². The van der Waals surface area contributed by atoms with E-state index in [9.17, 15) is 0 Å². The normalized spacial score (nSPS) is 17.6. The van der Waals surface area contributed by atoms with E-state index in [1.807, 2.05) is 0 Å². The van der Waals surface area contributed by atoms with Crippen LogP contribution in [0, 0.1) is 5.92 Å². The van der Waals surface area contributed by atoms with Crippen LogP contribution in [-0.4, -0.2) is 29.6 Å². The first-order valence-electron chi connectivity index (χ1n) is 4.11. The molecular formula is C8H12N4. The Morgan fingerprint density at radius 1 is 1.50 bits per heavy atom. The lowest BCUT2D eigenvalue weighted by molar-refractivity contribution is 0.416. The van der Waals surface area contributed by atoms with Crippen molar-refractivity contribution in [2.24, 2.45) is 11.7 Å². The maximum Gasteiger partial charge on any atom is 0.147 e. The lowest BCUT2D eigenvalue weighted by Gasteiger charge is -2.39. The first-order chi connectivity index (χ1) is 5.90. The largest absolute Gasteiger partial charge is 0.355 e. The standard InChI is InChI=1S/C8H12N4/c9-3-7-5-12(6-7)8-4-10-1-2-11-8/h1-2,4,7H,3,5-6,9H2. The predicted molar refractivity (Wildman–Crippen MR) is 46.8 cm³/mol.